The highest BCUT2D eigenvalue weighted by Crippen LogP contribution is 2.39. The Hall–Kier alpha value is -6.43. The molecule has 0 amide bonds. The fourth-order valence-corrected chi connectivity index (χ4v) is 6.69. The van der Waals surface area contributed by atoms with E-state index in [1.807, 2.05) is 53.1 Å². The first kappa shape index (κ1) is 24.2. The van der Waals surface area contributed by atoms with E-state index in [4.69, 9.17) is 9.40 Å². The van der Waals surface area contributed by atoms with Crippen LogP contribution in [0.1, 0.15) is 11.1 Å². The molecule has 0 fully saturated rings. The second-order valence-corrected chi connectivity index (χ2v) is 11.0. The molecule has 0 aliphatic carbocycles. The first-order valence-corrected chi connectivity index (χ1v) is 14.3. The lowest BCUT2D eigenvalue weighted by molar-refractivity contribution is 0.669. The fourth-order valence-electron chi connectivity index (χ4n) is 6.69. The number of fused-ring (bicyclic) bond motifs is 9. The summed E-state index contributed by atoms with van der Waals surface area (Å²) in [6.07, 6.45) is 0. The predicted molar refractivity (Wildman–Crippen MR) is 176 cm³/mol. The molecule has 0 radical (unpaired) electrons. The minimum Gasteiger partial charge on any atom is -0.456 e. The van der Waals surface area contributed by atoms with Crippen LogP contribution in [0.15, 0.2) is 126 Å². The van der Waals surface area contributed by atoms with Crippen molar-refractivity contribution >= 4 is 65.4 Å². The number of para-hydroxylation sites is 2. The Morgan fingerprint density at radius 1 is 0.545 bits per heavy atom. The summed E-state index contributed by atoms with van der Waals surface area (Å²) in [5.74, 6) is 0.458. The molecule has 9 rings (SSSR count). The van der Waals surface area contributed by atoms with E-state index in [1.165, 1.54) is 10.8 Å². The first-order valence-electron chi connectivity index (χ1n) is 14.3. The molecule has 0 unspecified atom stereocenters. The molecule has 0 spiro atoms. The van der Waals surface area contributed by atoms with Gasteiger partial charge in [-0.3, -0.25) is 4.57 Å². The van der Waals surface area contributed by atoms with Gasteiger partial charge < -0.3 is 4.42 Å². The smallest absolute Gasteiger partial charge is 0.157 e. The third-order valence-corrected chi connectivity index (χ3v) is 8.67. The van der Waals surface area contributed by atoms with E-state index in [0.29, 0.717) is 22.3 Å². The Morgan fingerprint density at radius 2 is 1.20 bits per heavy atom. The molecule has 3 heterocycles. The molecule has 5 heteroatoms. The van der Waals surface area contributed by atoms with Crippen molar-refractivity contribution in [2.45, 2.75) is 0 Å². The van der Waals surface area contributed by atoms with Crippen molar-refractivity contribution in [3.63, 3.8) is 0 Å². The molecule has 9 aromatic rings. The lowest BCUT2D eigenvalue weighted by Gasteiger charge is -2.12. The third kappa shape index (κ3) is 3.30. The van der Waals surface area contributed by atoms with Crippen molar-refractivity contribution in [1.82, 2.24) is 9.55 Å². The Kier molecular flexibility index (Phi) is 4.97. The van der Waals surface area contributed by atoms with E-state index < -0.39 is 0 Å². The minimum atomic E-state index is 0.266. The Bertz CT molecular complexity index is 2750. The lowest BCUT2D eigenvalue weighted by Crippen LogP contribution is -2.04. The first-order chi connectivity index (χ1) is 21.7. The number of nitrogens with zero attached hydrogens (tertiary/aromatic N) is 4. The maximum atomic E-state index is 10.3. The highest BCUT2D eigenvalue weighted by molar-refractivity contribution is 6.19. The monoisotopic (exact) mass is 560 g/mol. The quantitative estimate of drug-likeness (QED) is 0.211. The van der Waals surface area contributed by atoms with Crippen molar-refractivity contribution < 1.29 is 4.42 Å². The largest absolute Gasteiger partial charge is 0.456 e. The van der Waals surface area contributed by atoms with Crippen molar-refractivity contribution in [1.29, 1.82) is 10.5 Å². The molecule has 6 aromatic carbocycles. The van der Waals surface area contributed by atoms with Crippen LogP contribution in [0.2, 0.25) is 0 Å². The van der Waals surface area contributed by atoms with Gasteiger partial charge in [-0.1, -0.05) is 78.9 Å². The molecule has 0 aliphatic rings. The molecule has 44 heavy (non-hydrogen) atoms. The average molecular weight is 561 g/mol. The van der Waals surface area contributed by atoms with Crippen molar-refractivity contribution in [2.75, 3.05) is 0 Å². The van der Waals surface area contributed by atoms with E-state index in [1.54, 1.807) is 0 Å². The Labute approximate surface area is 251 Å². The zero-order valence-electron chi connectivity index (χ0n) is 23.2. The zero-order chi connectivity index (χ0) is 29.4. The molecule has 0 N–H and O–H groups in total. The van der Waals surface area contributed by atoms with Crippen molar-refractivity contribution in [3.05, 3.63) is 132 Å². The van der Waals surface area contributed by atoms with Gasteiger partial charge in [0.2, 0.25) is 0 Å². The van der Waals surface area contributed by atoms with Crippen LogP contribution in [-0.4, -0.2) is 9.55 Å². The van der Waals surface area contributed by atoms with Gasteiger partial charge in [0, 0.05) is 26.9 Å². The van der Waals surface area contributed by atoms with Gasteiger partial charge in [-0.2, -0.15) is 10.5 Å². The van der Waals surface area contributed by atoms with Crippen LogP contribution in [0.4, 0.5) is 0 Å². The zero-order valence-corrected chi connectivity index (χ0v) is 23.2. The van der Waals surface area contributed by atoms with Gasteiger partial charge in [0.15, 0.2) is 5.82 Å². The standard InChI is InChI=1S/C39H20N4O/c40-21-31-27-9-3-5-11-33(27)42-39(32(31)22-41)43-34-12-6-4-10-28(34)29-19-24(13-16-35(29)43)25-15-17-36-30(20-25)38-26-8-2-1-7-23(26)14-18-37(38)44-36/h1-20H. The van der Waals surface area contributed by atoms with Crippen molar-refractivity contribution in [2.24, 2.45) is 0 Å². The summed E-state index contributed by atoms with van der Waals surface area (Å²) < 4.78 is 8.26. The van der Waals surface area contributed by atoms with E-state index >= 15 is 0 Å². The van der Waals surface area contributed by atoms with Crippen LogP contribution < -0.4 is 0 Å². The van der Waals surface area contributed by atoms with E-state index in [0.717, 1.165) is 54.9 Å². The number of aromatic nitrogens is 2. The molecular formula is C39H20N4O. The Morgan fingerprint density at radius 3 is 2.05 bits per heavy atom. The highest BCUT2D eigenvalue weighted by atomic mass is 16.3. The highest BCUT2D eigenvalue weighted by Gasteiger charge is 2.21. The molecule has 202 valence electrons. The lowest BCUT2D eigenvalue weighted by atomic mass is 9.99. The summed E-state index contributed by atoms with van der Waals surface area (Å²) in [5, 5.41) is 27.7. The summed E-state index contributed by atoms with van der Waals surface area (Å²) in [6, 6.07) is 45.5. The molecule has 0 saturated heterocycles. The molecular weight excluding hydrogens is 540 g/mol. The number of pyridine rings is 1. The van der Waals surface area contributed by atoms with Gasteiger partial charge in [0.1, 0.15) is 28.9 Å². The molecule has 0 saturated carbocycles. The van der Waals surface area contributed by atoms with E-state index in [9.17, 15) is 10.5 Å². The SMILES string of the molecule is N#Cc1c(-n2c3ccccc3c3cc(-c4ccc5oc6ccc7ccccc7c6c5c4)ccc32)nc2ccccc2c1C#N. The number of hydrogen-bond acceptors (Lipinski definition) is 4. The fraction of sp³-hybridized carbons (Fsp3) is 0. The number of nitriles is 2. The van der Waals surface area contributed by atoms with Gasteiger partial charge in [-0.25, -0.2) is 4.98 Å². The molecule has 0 atom stereocenters. The topological polar surface area (TPSA) is 78.5 Å². The summed E-state index contributed by atoms with van der Waals surface area (Å²) in [4.78, 5) is 4.94. The van der Waals surface area contributed by atoms with E-state index in [-0.39, 0.29) is 5.56 Å². The third-order valence-electron chi connectivity index (χ3n) is 8.67. The molecule has 0 aliphatic heterocycles. The average Bonchev–Trinajstić information content (AvgIpc) is 3.62. The van der Waals surface area contributed by atoms with Gasteiger partial charge in [-0.15, -0.1) is 0 Å². The molecule has 3 aromatic heterocycles. The predicted octanol–water partition coefficient (Wildman–Crippen LogP) is 9.79. The number of benzene rings is 6. The van der Waals surface area contributed by atoms with Crippen LogP contribution in [-0.2, 0) is 0 Å². The molecule has 0 bridgehead atoms. The maximum Gasteiger partial charge on any atom is 0.157 e. The second-order valence-electron chi connectivity index (χ2n) is 11.0. The summed E-state index contributed by atoms with van der Waals surface area (Å²) in [6.45, 7) is 0. The summed E-state index contributed by atoms with van der Waals surface area (Å²) in [5.41, 5.74) is 7.01. The summed E-state index contributed by atoms with van der Waals surface area (Å²) in [7, 11) is 0. The van der Waals surface area contributed by atoms with Crippen molar-refractivity contribution in [3.8, 4) is 29.1 Å². The minimum absolute atomic E-state index is 0.266. The van der Waals surface area contributed by atoms with Crippen LogP contribution in [0.5, 0.6) is 0 Å². The van der Waals surface area contributed by atoms with Gasteiger partial charge in [-0.05, 0) is 64.4 Å². The number of hydrogen-bond donors (Lipinski definition) is 0. The molecule has 5 nitrogen and oxygen atoms in total. The second kappa shape index (κ2) is 9.03. The normalized spacial score (nSPS) is 11.6. The Balaban J connectivity index is 1.31. The number of rotatable bonds is 2. The van der Waals surface area contributed by atoms with Gasteiger partial charge in [0.25, 0.3) is 0 Å². The van der Waals surface area contributed by atoms with Crippen LogP contribution in [0.25, 0.3) is 82.4 Å². The van der Waals surface area contributed by atoms with Gasteiger partial charge in [0.05, 0.1) is 22.1 Å². The number of furan rings is 1. The van der Waals surface area contributed by atoms with E-state index in [2.05, 4.69) is 84.9 Å². The van der Waals surface area contributed by atoms with Crippen LogP contribution in [0.3, 0.4) is 0 Å². The maximum absolute atomic E-state index is 10.3. The van der Waals surface area contributed by atoms with Crippen LogP contribution >= 0.6 is 0 Å². The van der Waals surface area contributed by atoms with Crippen LogP contribution in [0, 0.1) is 22.7 Å². The summed E-state index contributed by atoms with van der Waals surface area (Å²) >= 11 is 0. The van der Waals surface area contributed by atoms with Gasteiger partial charge >= 0.3 is 0 Å².